The van der Waals surface area contributed by atoms with Gasteiger partial charge >= 0.3 is 0 Å². The zero-order valence-electron chi connectivity index (χ0n) is 8.37. The van der Waals surface area contributed by atoms with Crippen LogP contribution in [0.15, 0.2) is 24.3 Å². The average Bonchev–Trinajstić information content (AvgIpc) is 2.48. The SMILES string of the molecule is O=S1CC23C=CC=CC2(CCCC3)C1. The first kappa shape index (κ1) is 8.90. The van der Waals surface area contributed by atoms with E-state index in [0.29, 0.717) is 0 Å². The molecule has 2 heteroatoms. The van der Waals surface area contributed by atoms with E-state index in [1.165, 1.54) is 25.7 Å². The van der Waals surface area contributed by atoms with Crippen molar-refractivity contribution in [3.63, 3.8) is 0 Å². The van der Waals surface area contributed by atoms with Crippen molar-refractivity contribution in [2.75, 3.05) is 11.5 Å². The van der Waals surface area contributed by atoms with Crippen LogP contribution in [0.5, 0.6) is 0 Å². The fourth-order valence-corrected chi connectivity index (χ4v) is 5.82. The van der Waals surface area contributed by atoms with Gasteiger partial charge in [-0.25, -0.2) is 0 Å². The van der Waals surface area contributed by atoms with E-state index in [9.17, 15) is 4.21 Å². The maximum Gasteiger partial charge on any atom is 0.0335 e. The fourth-order valence-electron chi connectivity index (χ4n) is 3.51. The quantitative estimate of drug-likeness (QED) is 0.597. The van der Waals surface area contributed by atoms with E-state index in [2.05, 4.69) is 24.3 Å². The normalized spacial score (nSPS) is 50.1. The molecule has 0 spiro atoms. The second kappa shape index (κ2) is 2.82. The molecule has 0 N–H and O–H groups in total. The van der Waals surface area contributed by atoms with Crippen molar-refractivity contribution in [2.45, 2.75) is 25.7 Å². The summed E-state index contributed by atoms with van der Waals surface area (Å²) in [7, 11) is -0.584. The fraction of sp³-hybridized carbons (Fsp3) is 0.667. The lowest BCUT2D eigenvalue weighted by molar-refractivity contribution is 0.131. The molecule has 1 saturated carbocycles. The molecular formula is C12H16OS. The standard InChI is InChI=1S/C12H16OS/c13-14-9-11-5-1-2-6-12(11,10-14)8-4-3-7-11/h1-2,5-6H,3-4,7-10H2. The van der Waals surface area contributed by atoms with E-state index >= 15 is 0 Å². The average molecular weight is 208 g/mol. The minimum absolute atomic E-state index is 0.269. The third kappa shape index (κ3) is 0.979. The lowest BCUT2D eigenvalue weighted by Gasteiger charge is -2.46. The van der Waals surface area contributed by atoms with Gasteiger partial charge in [-0.1, -0.05) is 37.1 Å². The Morgan fingerprint density at radius 2 is 1.43 bits per heavy atom. The van der Waals surface area contributed by atoms with Gasteiger partial charge < -0.3 is 0 Å². The van der Waals surface area contributed by atoms with Gasteiger partial charge in [0.25, 0.3) is 0 Å². The molecule has 0 aromatic rings. The summed E-state index contributed by atoms with van der Waals surface area (Å²) < 4.78 is 11.8. The topological polar surface area (TPSA) is 17.1 Å². The van der Waals surface area contributed by atoms with Crippen LogP contribution in [0.4, 0.5) is 0 Å². The van der Waals surface area contributed by atoms with E-state index in [4.69, 9.17) is 0 Å². The van der Waals surface area contributed by atoms with E-state index in [1.54, 1.807) is 0 Å². The molecule has 0 amide bonds. The largest absolute Gasteiger partial charge is 0.260 e. The number of rotatable bonds is 0. The Hall–Kier alpha value is -0.370. The number of hydrogen-bond acceptors (Lipinski definition) is 1. The predicted molar refractivity (Wildman–Crippen MR) is 59.5 cm³/mol. The number of allylic oxidation sites excluding steroid dienone is 4. The Bertz CT molecular complexity index is 312. The van der Waals surface area contributed by atoms with Crippen molar-refractivity contribution in [3.05, 3.63) is 24.3 Å². The van der Waals surface area contributed by atoms with Crippen LogP contribution in [-0.2, 0) is 10.8 Å². The first-order chi connectivity index (χ1) is 6.77. The summed E-state index contributed by atoms with van der Waals surface area (Å²) in [6.45, 7) is 0. The Labute approximate surface area is 87.7 Å². The van der Waals surface area contributed by atoms with Crippen LogP contribution in [0, 0.1) is 10.8 Å². The summed E-state index contributed by atoms with van der Waals surface area (Å²) in [6, 6.07) is 0. The molecule has 2 atom stereocenters. The van der Waals surface area contributed by atoms with Crippen LogP contribution in [0.25, 0.3) is 0 Å². The Morgan fingerprint density at radius 3 is 1.93 bits per heavy atom. The van der Waals surface area contributed by atoms with Crippen LogP contribution in [0.2, 0.25) is 0 Å². The second-order valence-corrected chi connectivity index (χ2v) is 6.42. The summed E-state index contributed by atoms with van der Waals surface area (Å²) in [5, 5.41) is 0. The van der Waals surface area contributed by atoms with Crippen molar-refractivity contribution in [2.24, 2.45) is 10.8 Å². The summed E-state index contributed by atoms with van der Waals surface area (Å²) in [6.07, 6.45) is 14.1. The van der Waals surface area contributed by atoms with Crippen LogP contribution in [0.1, 0.15) is 25.7 Å². The Balaban J connectivity index is 2.11. The Kier molecular flexibility index (Phi) is 1.79. The van der Waals surface area contributed by atoms with Crippen molar-refractivity contribution >= 4 is 10.8 Å². The lowest BCUT2D eigenvalue weighted by Crippen LogP contribution is -2.42. The van der Waals surface area contributed by atoms with Crippen molar-refractivity contribution < 1.29 is 4.21 Å². The molecule has 1 aliphatic heterocycles. The molecule has 0 aromatic carbocycles. The van der Waals surface area contributed by atoms with Crippen LogP contribution in [-0.4, -0.2) is 15.7 Å². The van der Waals surface area contributed by atoms with E-state index < -0.39 is 10.8 Å². The minimum Gasteiger partial charge on any atom is -0.260 e. The molecule has 1 heterocycles. The van der Waals surface area contributed by atoms with Gasteiger partial charge in [0, 0.05) is 33.1 Å². The predicted octanol–water partition coefficient (Wildman–Crippen LogP) is 2.42. The Morgan fingerprint density at radius 1 is 0.929 bits per heavy atom. The molecule has 1 saturated heterocycles. The molecule has 14 heavy (non-hydrogen) atoms. The molecular weight excluding hydrogens is 192 g/mol. The van der Waals surface area contributed by atoms with Crippen molar-refractivity contribution in [1.29, 1.82) is 0 Å². The number of hydrogen-bond donors (Lipinski definition) is 0. The highest BCUT2D eigenvalue weighted by molar-refractivity contribution is 7.85. The first-order valence-electron chi connectivity index (χ1n) is 5.49. The van der Waals surface area contributed by atoms with E-state index in [0.717, 1.165) is 11.5 Å². The highest BCUT2D eigenvalue weighted by Crippen LogP contribution is 2.58. The second-order valence-electron chi connectivity index (χ2n) is 4.97. The van der Waals surface area contributed by atoms with Crippen LogP contribution in [0.3, 0.4) is 0 Å². The molecule has 3 rings (SSSR count). The first-order valence-corrected chi connectivity index (χ1v) is 6.97. The van der Waals surface area contributed by atoms with Gasteiger partial charge in [0.05, 0.1) is 0 Å². The van der Waals surface area contributed by atoms with E-state index in [-0.39, 0.29) is 10.8 Å². The van der Waals surface area contributed by atoms with Gasteiger partial charge in [-0.05, 0) is 12.8 Å². The molecule has 0 bridgehead atoms. The third-order valence-corrected chi connectivity index (χ3v) is 5.94. The van der Waals surface area contributed by atoms with Gasteiger partial charge in [0.2, 0.25) is 0 Å². The minimum atomic E-state index is -0.584. The van der Waals surface area contributed by atoms with E-state index in [1.807, 2.05) is 0 Å². The smallest absolute Gasteiger partial charge is 0.0335 e. The van der Waals surface area contributed by atoms with Gasteiger partial charge in [-0.3, -0.25) is 4.21 Å². The zero-order valence-corrected chi connectivity index (χ0v) is 9.19. The molecule has 2 unspecified atom stereocenters. The highest BCUT2D eigenvalue weighted by atomic mass is 32.2. The summed E-state index contributed by atoms with van der Waals surface area (Å²) >= 11 is 0. The lowest BCUT2D eigenvalue weighted by atomic mass is 9.56. The van der Waals surface area contributed by atoms with Crippen molar-refractivity contribution in [1.82, 2.24) is 0 Å². The van der Waals surface area contributed by atoms with Gasteiger partial charge in [0.1, 0.15) is 0 Å². The molecule has 2 aliphatic carbocycles. The molecule has 76 valence electrons. The monoisotopic (exact) mass is 208 g/mol. The van der Waals surface area contributed by atoms with Gasteiger partial charge in [0.15, 0.2) is 0 Å². The molecule has 0 radical (unpaired) electrons. The van der Waals surface area contributed by atoms with Gasteiger partial charge in [-0.15, -0.1) is 0 Å². The van der Waals surface area contributed by atoms with Crippen molar-refractivity contribution in [3.8, 4) is 0 Å². The van der Waals surface area contributed by atoms with Crippen LogP contribution < -0.4 is 0 Å². The molecule has 3 aliphatic rings. The molecule has 2 fully saturated rings. The summed E-state index contributed by atoms with van der Waals surface area (Å²) in [5.74, 6) is 1.82. The summed E-state index contributed by atoms with van der Waals surface area (Å²) in [5.41, 5.74) is 0.537. The van der Waals surface area contributed by atoms with Crippen LogP contribution >= 0.6 is 0 Å². The highest BCUT2D eigenvalue weighted by Gasteiger charge is 2.56. The zero-order chi connectivity index (χ0) is 9.65. The maximum absolute atomic E-state index is 11.8. The molecule has 1 nitrogen and oxygen atoms in total. The summed E-state index contributed by atoms with van der Waals surface area (Å²) in [4.78, 5) is 0. The maximum atomic E-state index is 11.8. The third-order valence-electron chi connectivity index (χ3n) is 4.27. The molecule has 0 aromatic heterocycles. The van der Waals surface area contributed by atoms with Gasteiger partial charge in [-0.2, -0.15) is 0 Å².